The molecule has 24 heavy (non-hydrogen) atoms. The van der Waals surface area contributed by atoms with Crippen LogP contribution in [0, 0.1) is 5.41 Å². The third kappa shape index (κ3) is 3.94. The fourth-order valence-corrected chi connectivity index (χ4v) is 3.95. The molecule has 1 fully saturated rings. The minimum Gasteiger partial charge on any atom is -0.371 e. The van der Waals surface area contributed by atoms with Gasteiger partial charge in [0.1, 0.15) is 0 Å². The lowest BCUT2D eigenvalue weighted by molar-refractivity contribution is 0.418. The van der Waals surface area contributed by atoms with Crippen molar-refractivity contribution in [1.82, 2.24) is 9.71 Å². The van der Waals surface area contributed by atoms with Gasteiger partial charge in [0, 0.05) is 37.7 Å². The summed E-state index contributed by atoms with van der Waals surface area (Å²) in [5, 5.41) is 0. The second-order valence-electron chi connectivity index (χ2n) is 7.01. The first-order valence-electron chi connectivity index (χ1n) is 8.09. The lowest BCUT2D eigenvalue weighted by Gasteiger charge is -2.21. The van der Waals surface area contributed by atoms with Gasteiger partial charge in [-0.15, -0.1) is 0 Å². The second kappa shape index (κ2) is 6.53. The van der Waals surface area contributed by atoms with Crippen LogP contribution in [-0.2, 0) is 16.6 Å². The van der Waals surface area contributed by atoms with Crippen LogP contribution in [0.3, 0.4) is 0 Å². The van der Waals surface area contributed by atoms with Crippen LogP contribution in [0.25, 0.3) is 0 Å². The molecule has 1 aliphatic rings. The molecule has 6 heteroatoms. The fraction of sp³-hybridized carbons (Fsp3) is 0.389. The zero-order valence-electron chi connectivity index (χ0n) is 14.1. The van der Waals surface area contributed by atoms with Gasteiger partial charge in [0.05, 0.1) is 4.90 Å². The minimum absolute atomic E-state index is 0.257. The molecule has 128 valence electrons. The van der Waals surface area contributed by atoms with Gasteiger partial charge in [-0.25, -0.2) is 13.1 Å². The van der Waals surface area contributed by atoms with E-state index in [9.17, 15) is 8.42 Å². The molecular formula is C18H23N3O2S. The maximum Gasteiger partial charge on any atom is 0.240 e. The lowest BCUT2D eigenvalue weighted by atomic mass is 9.93. The van der Waals surface area contributed by atoms with Gasteiger partial charge in [0.15, 0.2) is 0 Å². The molecule has 0 aliphatic carbocycles. The molecule has 3 rings (SSSR count). The average molecular weight is 345 g/mol. The Morgan fingerprint density at radius 1 is 1.12 bits per heavy atom. The fourth-order valence-electron chi connectivity index (χ4n) is 2.93. The molecule has 1 saturated heterocycles. The van der Waals surface area contributed by atoms with Crippen molar-refractivity contribution in [2.24, 2.45) is 5.41 Å². The Morgan fingerprint density at radius 3 is 2.38 bits per heavy atom. The molecule has 2 heterocycles. The van der Waals surface area contributed by atoms with Crippen LogP contribution in [0.4, 0.5) is 5.69 Å². The molecule has 0 bridgehead atoms. The summed E-state index contributed by atoms with van der Waals surface area (Å²) in [6.07, 6.45) is 4.45. The first kappa shape index (κ1) is 16.9. The molecule has 0 unspecified atom stereocenters. The summed E-state index contributed by atoms with van der Waals surface area (Å²) < 4.78 is 27.4. The highest BCUT2D eigenvalue weighted by atomic mass is 32.2. The topological polar surface area (TPSA) is 62.3 Å². The number of sulfonamides is 1. The molecular weight excluding hydrogens is 322 g/mol. The third-order valence-corrected chi connectivity index (χ3v) is 5.82. The quantitative estimate of drug-likeness (QED) is 0.905. The number of hydrogen-bond acceptors (Lipinski definition) is 4. The van der Waals surface area contributed by atoms with Gasteiger partial charge in [0.2, 0.25) is 10.0 Å². The van der Waals surface area contributed by atoms with Crippen LogP contribution in [0.1, 0.15) is 25.8 Å². The highest BCUT2D eigenvalue weighted by Crippen LogP contribution is 2.32. The molecule has 0 amide bonds. The number of pyridine rings is 1. The smallest absolute Gasteiger partial charge is 0.240 e. The molecule has 1 N–H and O–H groups in total. The highest BCUT2D eigenvalue weighted by Gasteiger charge is 2.29. The molecule has 2 aromatic rings. The SMILES string of the molecule is CC1(C)CCN(c2ccc(S(=O)(=O)NCc3ccncc3)cc2)C1. The predicted octanol–water partition coefficient (Wildman–Crippen LogP) is 2.80. The Kier molecular flexibility index (Phi) is 4.60. The van der Waals surface area contributed by atoms with E-state index in [0.717, 1.165) is 30.8 Å². The number of nitrogens with one attached hydrogen (secondary N) is 1. The van der Waals surface area contributed by atoms with Gasteiger partial charge in [-0.2, -0.15) is 0 Å². The minimum atomic E-state index is -3.51. The van der Waals surface area contributed by atoms with E-state index in [4.69, 9.17) is 0 Å². The van der Waals surface area contributed by atoms with Crippen molar-refractivity contribution in [2.45, 2.75) is 31.7 Å². The van der Waals surface area contributed by atoms with E-state index >= 15 is 0 Å². The van der Waals surface area contributed by atoms with Crippen LogP contribution in [-0.4, -0.2) is 26.5 Å². The number of aromatic nitrogens is 1. The first-order valence-corrected chi connectivity index (χ1v) is 9.58. The summed E-state index contributed by atoms with van der Waals surface area (Å²) in [6.45, 7) is 6.79. The van der Waals surface area contributed by atoms with Gasteiger partial charge in [-0.3, -0.25) is 4.98 Å². The average Bonchev–Trinajstić information content (AvgIpc) is 2.94. The molecule has 0 radical (unpaired) electrons. The molecule has 5 nitrogen and oxygen atoms in total. The predicted molar refractivity (Wildman–Crippen MR) is 95.3 cm³/mol. The largest absolute Gasteiger partial charge is 0.371 e. The van der Waals surface area contributed by atoms with E-state index in [1.165, 1.54) is 0 Å². The number of anilines is 1. The van der Waals surface area contributed by atoms with E-state index < -0.39 is 10.0 Å². The van der Waals surface area contributed by atoms with Crippen LogP contribution in [0.2, 0.25) is 0 Å². The normalized spacial score (nSPS) is 17.2. The van der Waals surface area contributed by atoms with Crippen LogP contribution >= 0.6 is 0 Å². The van der Waals surface area contributed by atoms with Gasteiger partial charge >= 0.3 is 0 Å². The van der Waals surface area contributed by atoms with E-state index in [1.807, 2.05) is 12.1 Å². The zero-order chi connectivity index (χ0) is 17.2. The maximum absolute atomic E-state index is 12.4. The summed E-state index contributed by atoms with van der Waals surface area (Å²) in [5.74, 6) is 0. The summed E-state index contributed by atoms with van der Waals surface area (Å²) in [7, 11) is -3.51. The van der Waals surface area contributed by atoms with Crippen molar-refractivity contribution in [2.75, 3.05) is 18.0 Å². The number of benzene rings is 1. The Bertz CT molecular complexity index is 787. The van der Waals surface area contributed by atoms with E-state index in [2.05, 4.69) is 28.5 Å². The monoisotopic (exact) mass is 345 g/mol. The van der Waals surface area contributed by atoms with Crippen molar-refractivity contribution in [3.05, 3.63) is 54.4 Å². The van der Waals surface area contributed by atoms with E-state index in [-0.39, 0.29) is 6.54 Å². The molecule has 1 aromatic carbocycles. The highest BCUT2D eigenvalue weighted by molar-refractivity contribution is 7.89. The van der Waals surface area contributed by atoms with Crippen molar-refractivity contribution in [1.29, 1.82) is 0 Å². The van der Waals surface area contributed by atoms with Gasteiger partial charge in [-0.1, -0.05) is 13.8 Å². The standard InChI is InChI=1S/C18H23N3O2S/c1-18(2)9-12-21(14-18)16-3-5-17(6-4-16)24(22,23)20-13-15-7-10-19-11-8-15/h3-8,10-11,20H,9,12-14H2,1-2H3. The van der Waals surface area contributed by atoms with Gasteiger partial charge < -0.3 is 4.90 Å². The van der Waals surface area contributed by atoms with E-state index in [1.54, 1.807) is 36.7 Å². The summed E-state index contributed by atoms with van der Waals surface area (Å²) in [6, 6.07) is 10.7. The number of rotatable bonds is 5. The van der Waals surface area contributed by atoms with Crippen molar-refractivity contribution < 1.29 is 8.42 Å². The molecule has 0 spiro atoms. The second-order valence-corrected chi connectivity index (χ2v) is 8.78. The molecule has 0 atom stereocenters. The number of nitrogens with zero attached hydrogens (tertiary/aromatic N) is 2. The number of hydrogen-bond donors (Lipinski definition) is 1. The summed E-state index contributed by atoms with van der Waals surface area (Å²) in [5.41, 5.74) is 2.27. The van der Waals surface area contributed by atoms with Gasteiger partial charge in [-0.05, 0) is 53.8 Å². The van der Waals surface area contributed by atoms with Crippen molar-refractivity contribution >= 4 is 15.7 Å². The summed E-state index contributed by atoms with van der Waals surface area (Å²) in [4.78, 5) is 6.52. The van der Waals surface area contributed by atoms with Crippen LogP contribution < -0.4 is 9.62 Å². The van der Waals surface area contributed by atoms with Crippen LogP contribution in [0.15, 0.2) is 53.7 Å². The summed E-state index contributed by atoms with van der Waals surface area (Å²) >= 11 is 0. The van der Waals surface area contributed by atoms with E-state index in [0.29, 0.717) is 10.3 Å². The maximum atomic E-state index is 12.4. The van der Waals surface area contributed by atoms with Crippen LogP contribution in [0.5, 0.6) is 0 Å². The zero-order valence-corrected chi connectivity index (χ0v) is 14.9. The first-order chi connectivity index (χ1) is 11.4. The van der Waals surface area contributed by atoms with Crippen molar-refractivity contribution in [3.8, 4) is 0 Å². The Hall–Kier alpha value is -1.92. The lowest BCUT2D eigenvalue weighted by Crippen LogP contribution is -2.24. The molecule has 1 aliphatic heterocycles. The van der Waals surface area contributed by atoms with Crippen molar-refractivity contribution in [3.63, 3.8) is 0 Å². The Labute approximate surface area is 143 Å². The third-order valence-electron chi connectivity index (χ3n) is 4.41. The van der Waals surface area contributed by atoms with Gasteiger partial charge in [0.25, 0.3) is 0 Å². The molecule has 0 saturated carbocycles. The Morgan fingerprint density at radius 2 is 1.79 bits per heavy atom. The molecule has 1 aromatic heterocycles. The Balaban J connectivity index is 1.68.